The van der Waals surface area contributed by atoms with Gasteiger partial charge in [-0.1, -0.05) is 57.5 Å². The van der Waals surface area contributed by atoms with E-state index in [1.165, 1.54) is 5.56 Å². The zero-order valence-corrected chi connectivity index (χ0v) is 13.6. The SMILES string of the molecule is CC(C)c1ccc(NC(=O)C2(C(N)=S)CCCCC2)cc1. The number of thiocarbonyl (C=S) groups is 1. The summed E-state index contributed by atoms with van der Waals surface area (Å²) < 4.78 is 0. The van der Waals surface area contributed by atoms with Gasteiger partial charge >= 0.3 is 0 Å². The molecular formula is C17H24N2OS. The molecule has 1 fully saturated rings. The van der Waals surface area contributed by atoms with Crippen molar-refractivity contribution in [3.8, 4) is 0 Å². The molecule has 4 heteroatoms. The molecule has 114 valence electrons. The van der Waals surface area contributed by atoms with Gasteiger partial charge in [0.2, 0.25) is 5.91 Å². The van der Waals surface area contributed by atoms with Gasteiger partial charge < -0.3 is 11.1 Å². The van der Waals surface area contributed by atoms with E-state index < -0.39 is 5.41 Å². The highest BCUT2D eigenvalue weighted by Crippen LogP contribution is 2.37. The minimum Gasteiger partial charge on any atom is -0.392 e. The van der Waals surface area contributed by atoms with Gasteiger partial charge in [0.1, 0.15) is 0 Å². The predicted molar refractivity (Wildman–Crippen MR) is 91.5 cm³/mol. The van der Waals surface area contributed by atoms with Crippen LogP contribution in [0.15, 0.2) is 24.3 Å². The lowest BCUT2D eigenvalue weighted by atomic mass is 9.73. The standard InChI is InChI=1S/C17H24N2OS/c1-12(2)13-6-8-14(9-7-13)19-16(20)17(15(18)21)10-4-3-5-11-17/h6-9,12H,3-5,10-11H2,1-2H3,(H2,18,21)(H,19,20). The molecule has 0 aliphatic heterocycles. The molecule has 0 saturated heterocycles. The molecule has 2 rings (SSSR count). The van der Waals surface area contributed by atoms with Crippen LogP contribution in [0.1, 0.15) is 57.4 Å². The summed E-state index contributed by atoms with van der Waals surface area (Å²) in [4.78, 5) is 13.0. The van der Waals surface area contributed by atoms with Crippen molar-refractivity contribution in [1.29, 1.82) is 0 Å². The Morgan fingerprint density at radius 3 is 2.24 bits per heavy atom. The van der Waals surface area contributed by atoms with Gasteiger partial charge in [0, 0.05) is 5.69 Å². The van der Waals surface area contributed by atoms with Crippen molar-refractivity contribution in [2.75, 3.05) is 5.32 Å². The molecule has 0 spiro atoms. The molecule has 1 saturated carbocycles. The van der Waals surface area contributed by atoms with Crippen molar-refractivity contribution in [1.82, 2.24) is 0 Å². The van der Waals surface area contributed by atoms with Crippen LogP contribution < -0.4 is 11.1 Å². The van der Waals surface area contributed by atoms with E-state index >= 15 is 0 Å². The summed E-state index contributed by atoms with van der Waals surface area (Å²) in [6, 6.07) is 8.00. The maximum atomic E-state index is 12.7. The molecule has 0 aromatic heterocycles. The maximum Gasteiger partial charge on any atom is 0.237 e. The lowest BCUT2D eigenvalue weighted by Gasteiger charge is -2.34. The summed E-state index contributed by atoms with van der Waals surface area (Å²) in [6.07, 6.45) is 4.70. The van der Waals surface area contributed by atoms with Gasteiger partial charge in [-0.25, -0.2) is 0 Å². The molecule has 3 nitrogen and oxygen atoms in total. The normalized spacial score (nSPS) is 17.5. The minimum absolute atomic E-state index is 0.0491. The van der Waals surface area contributed by atoms with Crippen LogP contribution in [0.5, 0.6) is 0 Å². The van der Waals surface area contributed by atoms with Crippen LogP contribution in [0.25, 0.3) is 0 Å². The van der Waals surface area contributed by atoms with E-state index in [4.69, 9.17) is 18.0 Å². The molecule has 1 aromatic rings. The van der Waals surface area contributed by atoms with Crippen molar-refractivity contribution in [2.24, 2.45) is 11.1 Å². The Labute approximate surface area is 132 Å². The van der Waals surface area contributed by atoms with Crippen LogP contribution in [0.2, 0.25) is 0 Å². The van der Waals surface area contributed by atoms with E-state index in [9.17, 15) is 4.79 Å². The lowest BCUT2D eigenvalue weighted by Crippen LogP contribution is -2.47. The van der Waals surface area contributed by atoms with Crippen molar-refractivity contribution in [3.63, 3.8) is 0 Å². The fraction of sp³-hybridized carbons (Fsp3) is 0.529. The highest BCUT2D eigenvalue weighted by molar-refractivity contribution is 7.80. The van der Waals surface area contributed by atoms with Crippen molar-refractivity contribution in [2.45, 2.75) is 51.9 Å². The third-order valence-electron chi connectivity index (χ3n) is 4.45. The Morgan fingerprint density at radius 2 is 1.76 bits per heavy atom. The molecule has 0 unspecified atom stereocenters. The van der Waals surface area contributed by atoms with Crippen molar-refractivity contribution >= 4 is 28.8 Å². The number of rotatable bonds is 4. The molecule has 1 amide bonds. The van der Waals surface area contributed by atoms with Gasteiger partial charge in [0.05, 0.1) is 10.4 Å². The number of hydrogen-bond acceptors (Lipinski definition) is 2. The summed E-state index contributed by atoms with van der Waals surface area (Å²) >= 11 is 5.19. The number of carbonyl (C=O) groups is 1. The largest absolute Gasteiger partial charge is 0.392 e. The molecule has 0 heterocycles. The number of anilines is 1. The van der Waals surface area contributed by atoms with Gasteiger partial charge in [0.15, 0.2) is 0 Å². The van der Waals surface area contributed by atoms with Gasteiger partial charge in [-0.2, -0.15) is 0 Å². The average Bonchev–Trinajstić information content (AvgIpc) is 2.48. The first-order valence-electron chi connectivity index (χ1n) is 7.67. The van der Waals surface area contributed by atoms with Crippen molar-refractivity contribution in [3.05, 3.63) is 29.8 Å². The number of hydrogen-bond donors (Lipinski definition) is 2. The predicted octanol–water partition coefficient (Wildman–Crippen LogP) is 3.99. The first-order chi connectivity index (χ1) is 9.95. The first-order valence-corrected chi connectivity index (χ1v) is 8.08. The summed E-state index contributed by atoms with van der Waals surface area (Å²) in [5, 5.41) is 2.99. The second-order valence-corrected chi connectivity index (χ2v) is 6.68. The smallest absolute Gasteiger partial charge is 0.237 e. The quantitative estimate of drug-likeness (QED) is 0.827. The highest BCUT2D eigenvalue weighted by atomic mass is 32.1. The number of carbonyl (C=O) groups excluding carboxylic acids is 1. The van der Waals surface area contributed by atoms with E-state index in [-0.39, 0.29) is 5.91 Å². The molecular weight excluding hydrogens is 280 g/mol. The molecule has 1 aliphatic carbocycles. The van der Waals surface area contributed by atoms with Crippen molar-refractivity contribution < 1.29 is 4.79 Å². The molecule has 0 atom stereocenters. The lowest BCUT2D eigenvalue weighted by molar-refractivity contribution is -0.123. The van der Waals surface area contributed by atoms with E-state index in [0.29, 0.717) is 10.9 Å². The summed E-state index contributed by atoms with van der Waals surface area (Å²) in [7, 11) is 0. The van der Waals surface area contributed by atoms with Gasteiger partial charge in [-0.05, 0) is 36.5 Å². The summed E-state index contributed by atoms with van der Waals surface area (Å²) in [5.41, 5.74) is 7.30. The third-order valence-corrected chi connectivity index (χ3v) is 4.84. The van der Waals surface area contributed by atoms with E-state index in [0.717, 1.165) is 37.8 Å². The number of nitrogens with two attached hydrogens (primary N) is 1. The second-order valence-electron chi connectivity index (χ2n) is 6.24. The zero-order valence-electron chi connectivity index (χ0n) is 12.8. The maximum absolute atomic E-state index is 12.7. The van der Waals surface area contributed by atoms with Crippen LogP contribution in [0.4, 0.5) is 5.69 Å². The Bertz CT molecular complexity index is 516. The molecule has 0 bridgehead atoms. The molecule has 0 radical (unpaired) electrons. The van der Waals surface area contributed by atoms with Crippen LogP contribution >= 0.6 is 12.2 Å². The Kier molecular flexibility index (Phi) is 4.99. The monoisotopic (exact) mass is 304 g/mol. The molecule has 3 N–H and O–H groups in total. The van der Waals surface area contributed by atoms with Gasteiger partial charge in [-0.3, -0.25) is 4.79 Å². The average molecular weight is 304 g/mol. The molecule has 21 heavy (non-hydrogen) atoms. The van der Waals surface area contributed by atoms with E-state index in [1.54, 1.807) is 0 Å². The number of amides is 1. The highest BCUT2D eigenvalue weighted by Gasteiger charge is 2.42. The fourth-order valence-electron chi connectivity index (χ4n) is 2.94. The van der Waals surface area contributed by atoms with Gasteiger partial charge in [-0.15, -0.1) is 0 Å². The summed E-state index contributed by atoms with van der Waals surface area (Å²) in [5.74, 6) is 0.433. The second kappa shape index (κ2) is 6.56. The Balaban J connectivity index is 2.13. The first kappa shape index (κ1) is 16.0. The topological polar surface area (TPSA) is 55.1 Å². The van der Waals surface area contributed by atoms with E-state index in [2.05, 4.69) is 31.3 Å². The van der Waals surface area contributed by atoms with Crippen LogP contribution in [0, 0.1) is 5.41 Å². The van der Waals surface area contributed by atoms with Crippen LogP contribution in [0.3, 0.4) is 0 Å². The zero-order chi connectivity index (χ0) is 15.5. The number of nitrogens with one attached hydrogen (secondary N) is 1. The third kappa shape index (κ3) is 3.43. The summed E-state index contributed by atoms with van der Waals surface area (Å²) in [6.45, 7) is 4.30. The van der Waals surface area contributed by atoms with Gasteiger partial charge in [0.25, 0.3) is 0 Å². The Hall–Kier alpha value is -1.42. The van der Waals surface area contributed by atoms with E-state index in [1.807, 2.05) is 12.1 Å². The molecule has 1 aromatic carbocycles. The minimum atomic E-state index is -0.662. The van der Waals surface area contributed by atoms with Crippen LogP contribution in [-0.2, 0) is 4.79 Å². The molecule has 1 aliphatic rings. The fourth-order valence-corrected chi connectivity index (χ4v) is 3.24. The Morgan fingerprint density at radius 1 is 1.19 bits per heavy atom. The number of benzene rings is 1. The van der Waals surface area contributed by atoms with Crippen LogP contribution in [-0.4, -0.2) is 10.9 Å².